The summed E-state index contributed by atoms with van der Waals surface area (Å²) in [5, 5.41) is 0. The van der Waals surface area contributed by atoms with Gasteiger partial charge >= 0.3 is 0 Å². The first-order valence-electron chi connectivity index (χ1n) is 7.67. The average molecular weight is 291 g/mol. The van der Waals surface area contributed by atoms with E-state index in [1.165, 1.54) is 0 Å². The van der Waals surface area contributed by atoms with Crippen LogP contribution in [0.3, 0.4) is 0 Å². The zero-order valence-corrected chi connectivity index (χ0v) is 13.2. The van der Waals surface area contributed by atoms with Gasteiger partial charge in [-0.15, -0.1) is 0 Å². The number of carbonyl (C=O) groups is 1. The Bertz CT molecular complexity index is 481. The van der Waals surface area contributed by atoms with Crippen LogP contribution in [-0.4, -0.2) is 43.6 Å². The Morgan fingerprint density at radius 1 is 1.48 bits per heavy atom. The highest BCUT2D eigenvalue weighted by Crippen LogP contribution is 2.23. The summed E-state index contributed by atoms with van der Waals surface area (Å²) in [5.74, 6) is 0.947. The normalized spacial score (nSPS) is 18.2. The number of ketones is 1. The lowest BCUT2D eigenvalue weighted by Crippen LogP contribution is -2.28. The van der Waals surface area contributed by atoms with Gasteiger partial charge in [0.25, 0.3) is 0 Å². The van der Waals surface area contributed by atoms with E-state index in [0.29, 0.717) is 12.7 Å². The van der Waals surface area contributed by atoms with Crippen LogP contribution in [0.1, 0.15) is 42.6 Å². The largest absolute Gasteiger partial charge is 0.494 e. The Labute approximate surface area is 127 Å². The van der Waals surface area contributed by atoms with Crippen molar-refractivity contribution in [2.24, 2.45) is 0 Å². The fraction of sp³-hybridized carbons (Fsp3) is 0.588. The third kappa shape index (κ3) is 4.55. The highest BCUT2D eigenvalue weighted by atomic mass is 16.5. The molecule has 0 N–H and O–H groups in total. The molecule has 1 unspecified atom stereocenters. The smallest absolute Gasteiger partial charge is 0.159 e. The Balaban J connectivity index is 2.07. The van der Waals surface area contributed by atoms with E-state index < -0.39 is 0 Å². The summed E-state index contributed by atoms with van der Waals surface area (Å²) in [4.78, 5) is 13.8. The molecule has 4 heteroatoms. The zero-order valence-electron chi connectivity index (χ0n) is 13.2. The SMILES string of the molecule is CCOc1ccc(C(C)=O)cc1CN(C)CC1CCCO1. The minimum Gasteiger partial charge on any atom is -0.494 e. The van der Waals surface area contributed by atoms with Crippen LogP contribution in [0.5, 0.6) is 5.75 Å². The maximum atomic E-state index is 11.6. The molecule has 1 heterocycles. The van der Waals surface area contributed by atoms with Crippen molar-refractivity contribution in [1.82, 2.24) is 4.90 Å². The van der Waals surface area contributed by atoms with E-state index in [4.69, 9.17) is 9.47 Å². The third-order valence-corrected chi connectivity index (χ3v) is 3.75. The van der Waals surface area contributed by atoms with Gasteiger partial charge in [-0.2, -0.15) is 0 Å². The Morgan fingerprint density at radius 3 is 2.90 bits per heavy atom. The molecule has 0 spiro atoms. The van der Waals surface area contributed by atoms with Crippen LogP contribution in [0.2, 0.25) is 0 Å². The fourth-order valence-corrected chi connectivity index (χ4v) is 2.71. The van der Waals surface area contributed by atoms with E-state index in [-0.39, 0.29) is 5.78 Å². The van der Waals surface area contributed by atoms with Crippen LogP contribution in [0.15, 0.2) is 18.2 Å². The molecule has 2 rings (SSSR count). The molecular formula is C17H25NO3. The number of benzene rings is 1. The minimum atomic E-state index is 0.0843. The van der Waals surface area contributed by atoms with E-state index in [2.05, 4.69) is 11.9 Å². The number of rotatable bonds is 7. The van der Waals surface area contributed by atoms with E-state index >= 15 is 0 Å². The van der Waals surface area contributed by atoms with E-state index in [1.807, 2.05) is 25.1 Å². The third-order valence-electron chi connectivity index (χ3n) is 3.75. The van der Waals surface area contributed by atoms with Gasteiger partial charge in [-0.1, -0.05) is 0 Å². The second kappa shape index (κ2) is 7.57. The molecule has 21 heavy (non-hydrogen) atoms. The van der Waals surface area contributed by atoms with E-state index in [9.17, 15) is 4.79 Å². The molecule has 0 saturated carbocycles. The molecule has 0 aliphatic carbocycles. The number of ether oxygens (including phenoxy) is 2. The lowest BCUT2D eigenvalue weighted by Gasteiger charge is -2.22. The molecule has 1 fully saturated rings. The maximum Gasteiger partial charge on any atom is 0.159 e. The van der Waals surface area contributed by atoms with E-state index in [0.717, 1.165) is 49.4 Å². The number of hydrogen-bond donors (Lipinski definition) is 0. The van der Waals surface area contributed by atoms with Gasteiger partial charge in [-0.05, 0) is 51.9 Å². The summed E-state index contributed by atoms with van der Waals surface area (Å²) in [5.41, 5.74) is 1.80. The lowest BCUT2D eigenvalue weighted by molar-refractivity contribution is 0.0790. The molecule has 0 amide bonds. The predicted molar refractivity (Wildman–Crippen MR) is 82.9 cm³/mol. The molecule has 1 aromatic rings. The van der Waals surface area contributed by atoms with Crippen molar-refractivity contribution in [2.45, 2.75) is 39.3 Å². The van der Waals surface area contributed by atoms with Crippen molar-refractivity contribution in [2.75, 3.05) is 26.8 Å². The van der Waals surface area contributed by atoms with Crippen LogP contribution >= 0.6 is 0 Å². The van der Waals surface area contributed by atoms with Crippen LogP contribution in [-0.2, 0) is 11.3 Å². The Kier molecular flexibility index (Phi) is 5.76. The van der Waals surface area contributed by atoms with Crippen molar-refractivity contribution >= 4 is 5.78 Å². The molecule has 0 bridgehead atoms. The summed E-state index contributed by atoms with van der Waals surface area (Å²) in [6, 6.07) is 5.67. The van der Waals surface area contributed by atoms with Gasteiger partial charge in [0.05, 0.1) is 12.7 Å². The van der Waals surface area contributed by atoms with Crippen LogP contribution in [0.4, 0.5) is 0 Å². The molecule has 116 valence electrons. The quantitative estimate of drug-likeness (QED) is 0.724. The summed E-state index contributed by atoms with van der Waals surface area (Å²) in [6.07, 6.45) is 2.63. The standard InChI is InChI=1S/C17H25NO3/c1-4-20-17-8-7-14(13(2)19)10-15(17)11-18(3)12-16-6-5-9-21-16/h7-8,10,16H,4-6,9,11-12H2,1-3H3. The molecule has 1 aromatic carbocycles. The van der Waals surface area contributed by atoms with Crippen molar-refractivity contribution < 1.29 is 14.3 Å². The van der Waals surface area contributed by atoms with Crippen LogP contribution in [0.25, 0.3) is 0 Å². The average Bonchev–Trinajstić information content (AvgIpc) is 2.93. The highest BCUT2D eigenvalue weighted by Gasteiger charge is 2.18. The summed E-state index contributed by atoms with van der Waals surface area (Å²) in [6.45, 7) is 6.74. The fourth-order valence-electron chi connectivity index (χ4n) is 2.71. The topological polar surface area (TPSA) is 38.8 Å². The second-order valence-electron chi connectivity index (χ2n) is 5.64. The van der Waals surface area contributed by atoms with Gasteiger partial charge < -0.3 is 9.47 Å². The number of carbonyl (C=O) groups excluding carboxylic acids is 1. The van der Waals surface area contributed by atoms with Gasteiger partial charge in [0.1, 0.15) is 5.75 Å². The number of likely N-dealkylation sites (N-methyl/N-ethyl adjacent to an activating group) is 1. The molecule has 1 aliphatic heterocycles. The monoisotopic (exact) mass is 291 g/mol. The number of Topliss-reactive ketones (excluding diaryl/α,β-unsaturated/α-hetero) is 1. The van der Waals surface area contributed by atoms with Crippen molar-refractivity contribution in [3.63, 3.8) is 0 Å². The molecule has 1 saturated heterocycles. The highest BCUT2D eigenvalue weighted by molar-refractivity contribution is 5.94. The molecular weight excluding hydrogens is 266 g/mol. The molecule has 0 radical (unpaired) electrons. The maximum absolute atomic E-state index is 11.6. The Morgan fingerprint density at radius 2 is 2.29 bits per heavy atom. The number of nitrogens with zero attached hydrogens (tertiary/aromatic N) is 1. The molecule has 1 aliphatic rings. The van der Waals surface area contributed by atoms with Crippen molar-refractivity contribution in [3.8, 4) is 5.75 Å². The molecule has 1 atom stereocenters. The van der Waals surface area contributed by atoms with Gasteiger partial charge in [0.2, 0.25) is 0 Å². The summed E-state index contributed by atoms with van der Waals surface area (Å²) < 4.78 is 11.3. The Hall–Kier alpha value is -1.39. The lowest BCUT2D eigenvalue weighted by atomic mass is 10.1. The van der Waals surface area contributed by atoms with E-state index in [1.54, 1.807) is 6.92 Å². The number of hydrogen-bond acceptors (Lipinski definition) is 4. The van der Waals surface area contributed by atoms with Gasteiger partial charge in [-0.25, -0.2) is 0 Å². The van der Waals surface area contributed by atoms with Gasteiger partial charge in [0.15, 0.2) is 5.78 Å². The first-order valence-corrected chi connectivity index (χ1v) is 7.67. The molecule has 0 aromatic heterocycles. The predicted octanol–water partition coefficient (Wildman–Crippen LogP) is 2.90. The van der Waals surface area contributed by atoms with Gasteiger partial charge in [0, 0.05) is 30.8 Å². The summed E-state index contributed by atoms with van der Waals surface area (Å²) in [7, 11) is 2.08. The van der Waals surface area contributed by atoms with Crippen molar-refractivity contribution in [1.29, 1.82) is 0 Å². The van der Waals surface area contributed by atoms with Crippen molar-refractivity contribution in [3.05, 3.63) is 29.3 Å². The first-order chi connectivity index (χ1) is 10.1. The second-order valence-corrected chi connectivity index (χ2v) is 5.64. The summed E-state index contributed by atoms with van der Waals surface area (Å²) >= 11 is 0. The minimum absolute atomic E-state index is 0.0843. The molecule has 4 nitrogen and oxygen atoms in total. The zero-order chi connectivity index (χ0) is 15.2. The van der Waals surface area contributed by atoms with Crippen LogP contribution in [0, 0.1) is 0 Å². The van der Waals surface area contributed by atoms with Crippen LogP contribution < -0.4 is 4.74 Å². The first kappa shape index (κ1) is 16.0. The van der Waals surface area contributed by atoms with Gasteiger partial charge in [-0.3, -0.25) is 9.69 Å².